The molecule has 1 heterocycles. The first-order valence-corrected chi connectivity index (χ1v) is 10.9. The Hall–Kier alpha value is -3.68. The Morgan fingerprint density at radius 2 is 1.76 bits per heavy atom. The quantitative estimate of drug-likeness (QED) is 0.521. The largest absolute Gasteiger partial charge is 0.497 e. The number of urea groups is 1. The fraction of sp³-hybridized carbons (Fsp3) is 0.360. The lowest BCUT2D eigenvalue weighted by Gasteiger charge is -2.29. The van der Waals surface area contributed by atoms with Gasteiger partial charge in [0.2, 0.25) is 0 Å². The second-order valence-corrected chi connectivity index (χ2v) is 7.44. The van der Waals surface area contributed by atoms with Crippen molar-refractivity contribution in [2.75, 3.05) is 20.8 Å². The fourth-order valence-corrected chi connectivity index (χ4v) is 3.63. The number of rotatable bonds is 10. The predicted molar refractivity (Wildman–Crippen MR) is 123 cm³/mol. The molecular formula is C25H30N2O6. The number of hydrogen-bond donors (Lipinski definition) is 2. The Balaban J connectivity index is 1.88. The highest BCUT2D eigenvalue weighted by atomic mass is 16.5. The number of ether oxygens (including phenoxy) is 4. The molecule has 2 amide bonds. The number of allylic oxidation sites excluding steroid dienone is 1. The van der Waals surface area contributed by atoms with Gasteiger partial charge in [-0.2, -0.15) is 0 Å². The summed E-state index contributed by atoms with van der Waals surface area (Å²) in [7, 11) is 3.17. The van der Waals surface area contributed by atoms with Crippen LogP contribution in [0.5, 0.6) is 17.2 Å². The first-order chi connectivity index (χ1) is 16.0. The first-order valence-electron chi connectivity index (χ1n) is 10.9. The summed E-state index contributed by atoms with van der Waals surface area (Å²) in [5.74, 6) is 1.36. The summed E-state index contributed by atoms with van der Waals surface area (Å²) in [6.45, 7) is 4.32. The molecule has 0 bridgehead atoms. The molecule has 8 nitrogen and oxygen atoms in total. The maximum Gasteiger partial charge on any atom is 0.338 e. The lowest BCUT2D eigenvalue weighted by Crippen LogP contribution is -2.46. The Bertz CT molecular complexity index is 1020. The molecule has 1 aliphatic heterocycles. The van der Waals surface area contributed by atoms with Gasteiger partial charge in [-0.25, -0.2) is 9.59 Å². The molecule has 0 saturated carbocycles. The van der Waals surface area contributed by atoms with E-state index < -0.39 is 12.0 Å². The van der Waals surface area contributed by atoms with Crippen LogP contribution in [-0.4, -0.2) is 32.8 Å². The average Bonchev–Trinajstić information content (AvgIpc) is 2.83. The van der Waals surface area contributed by atoms with E-state index in [0.29, 0.717) is 41.4 Å². The van der Waals surface area contributed by atoms with E-state index in [1.165, 1.54) is 0 Å². The molecule has 1 unspecified atom stereocenters. The third-order valence-electron chi connectivity index (χ3n) is 5.22. The second kappa shape index (κ2) is 11.3. The van der Waals surface area contributed by atoms with Crippen LogP contribution in [0.25, 0.3) is 0 Å². The third-order valence-corrected chi connectivity index (χ3v) is 5.22. The van der Waals surface area contributed by atoms with Crippen molar-refractivity contribution in [1.82, 2.24) is 10.6 Å². The van der Waals surface area contributed by atoms with E-state index in [4.69, 9.17) is 18.9 Å². The number of benzene rings is 2. The average molecular weight is 455 g/mol. The van der Waals surface area contributed by atoms with Crippen LogP contribution in [0.15, 0.2) is 53.7 Å². The van der Waals surface area contributed by atoms with Crippen molar-refractivity contribution < 1.29 is 28.5 Å². The maximum absolute atomic E-state index is 12.8. The van der Waals surface area contributed by atoms with E-state index in [0.717, 1.165) is 17.7 Å². The number of hydrogen-bond acceptors (Lipinski definition) is 6. The van der Waals surface area contributed by atoms with Crippen LogP contribution >= 0.6 is 0 Å². The van der Waals surface area contributed by atoms with Crippen LogP contribution in [0.2, 0.25) is 0 Å². The summed E-state index contributed by atoms with van der Waals surface area (Å²) in [5, 5.41) is 5.59. The van der Waals surface area contributed by atoms with Crippen LogP contribution in [0.3, 0.4) is 0 Å². The molecule has 0 aromatic heterocycles. The number of esters is 1. The van der Waals surface area contributed by atoms with E-state index >= 15 is 0 Å². The predicted octanol–water partition coefficient (Wildman–Crippen LogP) is 4.25. The van der Waals surface area contributed by atoms with Crippen molar-refractivity contribution in [2.24, 2.45) is 0 Å². The van der Waals surface area contributed by atoms with Crippen molar-refractivity contribution in [3.05, 3.63) is 64.9 Å². The normalized spacial score (nSPS) is 15.4. The van der Waals surface area contributed by atoms with E-state index in [2.05, 4.69) is 10.6 Å². The minimum absolute atomic E-state index is 0.240. The van der Waals surface area contributed by atoms with Gasteiger partial charge in [-0.05, 0) is 48.7 Å². The summed E-state index contributed by atoms with van der Waals surface area (Å²) >= 11 is 0. The highest BCUT2D eigenvalue weighted by molar-refractivity contribution is 5.95. The van der Waals surface area contributed by atoms with E-state index in [1.807, 2.05) is 37.3 Å². The summed E-state index contributed by atoms with van der Waals surface area (Å²) in [6, 6.07) is 11.9. The van der Waals surface area contributed by atoms with Gasteiger partial charge in [0.15, 0.2) is 11.5 Å². The highest BCUT2D eigenvalue weighted by Gasteiger charge is 2.33. The van der Waals surface area contributed by atoms with Gasteiger partial charge < -0.3 is 29.6 Å². The molecule has 0 radical (unpaired) electrons. The maximum atomic E-state index is 12.8. The van der Waals surface area contributed by atoms with E-state index in [1.54, 1.807) is 33.3 Å². The molecule has 33 heavy (non-hydrogen) atoms. The van der Waals surface area contributed by atoms with Gasteiger partial charge in [-0.3, -0.25) is 0 Å². The minimum atomic E-state index is -0.663. The Labute approximate surface area is 193 Å². The number of carbonyl (C=O) groups is 2. The van der Waals surface area contributed by atoms with Crippen molar-refractivity contribution in [3.8, 4) is 17.2 Å². The Kier molecular flexibility index (Phi) is 8.18. The van der Waals surface area contributed by atoms with Crippen LogP contribution in [0.1, 0.15) is 43.9 Å². The zero-order valence-corrected chi connectivity index (χ0v) is 19.4. The van der Waals surface area contributed by atoms with Crippen LogP contribution in [0.4, 0.5) is 4.79 Å². The van der Waals surface area contributed by atoms with Crippen molar-refractivity contribution in [1.29, 1.82) is 0 Å². The molecule has 8 heteroatoms. The van der Waals surface area contributed by atoms with E-state index in [9.17, 15) is 9.59 Å². The number of nitrogens with one attached hydrogen (secondary N) is 2. The molecule has 0 saturated heterocycles. The SMILES string of the molecule is CCCC1=C(C(=O)OCC)C(c2ccc(OCc3ccc(OC)cc3)c(OC)c2)NC(=O)N1. The van der Waals surface area contributed by atoms with Gasteiger partial charge in [-0.1, -0.05) is 31.5 Å². The van der Waals surface area contributed by atoms with Crippen molar-refractivity contribution in [3.63, 3.8) is 0 Å². The molecule has 0 fully saturated rings. The summed E-state index contributed by atoms with van der Waals surface area (Å²) in [4.78, 5) is 25.1. The third kappa shape index (κ3) is 5.77. The molecule has 2 N–H and O–H groups in total. The van der Waals surface area contributed by atoms with Gasteiger partial charge in [0.05, 0.1) is 32.4 Å². The lowest BCUT2D eigenvalue weighted by atomic mass is 9.93. The summed E-state index contributed by atoms with van der Waals surface area (Å²) in [5.41, 5.74) is 2.63. The topological polar surface area (TPSA) is 95.1 Å². The molecule has 176 valence electrons. The van der Waals surface area contributed by atoms with Gasteiger partial charge in [0.25, 0.3) is 0 Å². The molecule has 2 aromatic rings. The Morgan fingerprint density at radius 3 is 2.39 bits per heavy atom. The van der Waals surface area contributed by atoms with E-state index in [-0.39, 0.29) is 12.6 Å². The minimum Gasteiger partial charge on any atom is -0.497 e. The number of amides is 2. The van der Waals surface area contributed by atoms with Gasteiger partial charge in [0.1, 0.15) is 12.4 Å². The number of carbonyl (C=O) groups excluding carboxylic acids is 2. The molecule has 1 aliphatic rings. The summed E-state index contributed by atoms with van der Waals surface area (Å²) in [6.07, 6.45) is 1.32. The Morgan fingerprint density at radius 1 is 1.00 bits per heavy atom. The first kappa shape index (κ1) is 24.0. The monoisotopic (exact) mass is 454 g/mol. The zero-order chi connectivity index (χ0) is 23.8. The van der Waals surface area contributed by atoms with Crippen LogP contribution in [-0.2, 0) is 16.1 Å². The molecule has 3 rings (SSSR count). The van der Waals surface area contributed by atoms with Gasteiger partial charge >= 0.3 is 12.0 Å². The zero-order valence-electron chi connectivity index (χ0n) is 19.4. The fourth-order valence-electron chi connectivity index (χ4n) is 3.63. The second-order valence-electron chi connectivity index (χ2n) is 7.44. The molecule has 0 spiro atoms. The lowest BCUT2D eigenvalue weighted by molar-refractivity contribution is -0.139. The van der Waals surface area contributed by atoms with Gasteiger partial charge in [-0.15, -0.1) is 0 Å². The summed E-state index contributed by atoms with van der Waals surface area (Å²) < 4.78 is 21.9. The standard InChI is InChI=1S/C25H30N2O6/c1-5-7-19-22(24(28)32-6-2)23(27-25(29)26-19)17-10-13-20(21(14-17)31-4)33-15-16-8-11-18(30-3)12-9-16/h8-14,23H,5-7,15H2,1-4H3,(H2,26,27,29). The van der Waals surface area contributed by atoms with Crippen LogP contribution < -0.4 is 24.8 Å². The molecule has 0 aliphatic carbocycles. The highest BCUT2D eigenvalue weighted by Crippen LogP contribution is 2.35. The number of methoxy groups -OCH3 is 2. The van der Waals surface area contributed by atoms with Crippen LogP contribution in [0, 0.1) is 0 Å². The molecule has 2 aromatic carbocycles. The molecule has 1 atom stereocenters. The smallest absolute Gasteiger partial charge is 0.338 e. The van der Waals surface area contributed by atoms with Gasteiger partial charge in [0, 0.05) is 5.70 Å². The van der Waals surface area contributed by atoms with Crippen molar-refractivity contribution >= 4 is 12.0 Å². The van der Waals surface area contributed by atoms with Crippen molar-refractivity contribution in [2.45, 2.75) is 39.3 Å². The molecular weight excluding hydrogens is 424 g/mol.